The van der Waals surface area contributed by atoms with Gasteiger partial charge in [-0.3, -0.25) is 4.79 Å². The van der Waals surface area contributed by atoms with E-state index in [0.29, 0.717) is 0 Å². The molecule has 0 aromatic rings. The van der Waals surface area contributed by atoms with Gasteiger partial charge in [0, 0.05) is 7.11 Å². The molecule has 0 spiro atoms. The summed E-state index contributed by atoms with van der Waals surface area (Å²) in [7, 11) is 1.76. The predicted octanol–water partition coefficient (Wildman–Crippen LogP) is 5.28. The first-order chi connectivity index (χ1) is 11.4. The maximum atomic E-state index is 11.1. The fraction of sp³-hybridized carbons (Fsp3) is 0.952. The molecule has 0 radical (unpaired) electrons. The number of aliphatic hydroxyl groups is 1. The molecule has 0 aromatic carbocycles. The van der Waals surface area contributed by atoms with Gasteiger partial charge in [-0.2, -0.15) is 0 Å². The van der Waals surface area contributed by atoms with Crippen LogP contribution in [-0.4, -0.2) is 35.5 Å². The Hall–Kier alpha value is -0.610. The molecule has 3 atom stereocenters. The Kier molecular flexibility index (Phi) is 10.9. The standard InChI is InChI=1S/C21H42O4/c1-16(19(23)24)20(3,4)14-10-8-12-18(22)13-9-11-15-21(5,6)17(2)25-7/h16-18,22H,8-15H2,1-7H3,(H,23,24). The van der Waals surface area contributed by atoms with Gasteiger partial charge in [-0.25, -0.2) is 0 Å². The van der Waals surface area contributed by atoms with Gasteiger partial charge in [-0.1, -0.05) is 60.3 Å². The van der Waals surface area contributed by atoms with Crippen LogP contribution in [0.5, 0.6) is 0 Å². The molecule has 0 saturated carbocycles. The van der Waals surface area contributed by atoms with Gasteiger partial charge < -0.3 is 14.9 Å². The number of ether oxygens (including phenoxy) is 1. The second-order valence-electron chi connectivity index (χ2n) is 9.06. The molecule has 2 N–H and O–H groups in total. The number of unbranched alkanes of at least 4 members (excludes halogenated alkanes) is 2. The zero-order valence-corrected chi connectivity index (χ0v) is 17.6. The Morgan fingerprint density at radius 3 is 1.76 bits per heavy atom. The monoisotopic (exact) mass is 358 g/mol. The molecule has 0 fully saturated rings. The van der Waals surface area contributed by atoms with Gasteiger partial charge in [-0.15, -0.1) is 0 Å². The molecule has 0 saturated heterocycles. The van der Waals surface area contributed by atoms with Gasteiger partial charge in [0.15, 0.2) is 0 Å². The Labute approximate surface area is 155 Å². The third-order valence-corrected chi connectivity index (χ3v) is 6.21. The van der Waals surface area contributed by atoms with Crippen molar-refractivity contribution < 1.29 is 19.7 Å². The highest BCUT2D eigenvalue weighted by Gasteiger charge is 2.30. The van der Waals surface area contributed by atoms with Crippen LogP contribution >= 0.6 is 0 Å². The van der Waals surface area contributed by atoms with E-state index in [9.17, 15) is 9.90 Å². The topological polar surface area (TPSA) is 66.8 Å². The normalized spacial score (nSPS) is 16.5. The summed E-state index contributed by atoms with van der Waals surface area (Å²) in [6, 6.07) is 0. The number of carboxylic acids is 1. The lowest BCUT2D eigenvalue weighted by Gasteiger charge is -2.30. The van der Waals surface area contributed by atoms with Crippen molar-refractivity contribution in [2.75, 3.05) is 7.11 Å². The van der Waals surface area contributed by atoms with Gasteiger partial charge >= 0.3 is 5.97 Å². The van der Waals surface area contributed by atoms with E-state index < -0.39 is 5.97 Å². The van der Waals surface area contributed by atoms with E-state index in [1.165, 1.54) is 0 Å². The van der Waals surface area contributed by atoms with E-state index in [2.05, 4.69) is 20.8 Å². The lowest BCUT2D eigenvalue weighted by atomic mass is 9.76. The van der Waals surface area contributed by atoms with E-state index in [1.807, 2.05) is 13.8 Å². The van der Waals surface area contributed by atoms with Crippen molar-refractivity contribution in [3.8, 4) is 0 Å². The Morgan fingerprint density at radius 1 is 0.920 bits per heavy atom. The quantitative estimate of drug-likeness (QED) is 0.415. The van der Waals surface area contributed by atoms with Gasteiger partial charge in [0.05, 0.1) is 18.1 Å². The minimum atomic E-state index is -0.726. The number of hydrogen-bond acceptors (Lipinski definition) is 3. The number of hydrogen-bond donors (Lipinski definition) is 2. The van der Waals surface area contributed by atoms with Crippen molar-refractivity contribution in [2.45, 2.75) is 105 Å². The second kappa shape index (κ2) is 11.2. The summed E-state index contributed by atoms with van der Waals surface area (Å²) in [5.41, 5.74) is -0.0213. The lowest BCUT2D eigenvalue weighted by molar-refractivity contribution is -0.145. The number of aliphatic carboxylic acids is 1. The first-order valence-electron chi connectivity index (χ1n) is 9.87. The molecule has 150 valence electrons. The molecule has 0 heterocycles. The average molecular weight is 359 g/mol. The molecular formula is C21H42O4. The first-order valence-corrected chi connectivity index (χ1v) is 9.87. The number of rotatable bonds is 14. The maximum Gasteiger partial charge on any atom is 0.306 e. The summed E-state index contributed by atoms with van der Waals surface area (Å²) >= 11 is 0. The number of methoxy groups -OCH3 is 1. The van der Waals surface area contributed by atoms with Gasteiger partial charge in [0.25, 0.3) is 0 Å². The molecule has 4 nitrogen and oxygen atoms in total. The largest absolute Gasteiger partial charge is 0.481 e. The van der Waals surface area contributed by atoms with Crippen molar-refractivity contribution in [3.63, 3.8) is 0 Å². The van der Waals surface area contributed by atoms with Gasteiger partial charge in [-0.05, 0) is 43.4 Å². The van der Waals surface area contributed by atoms with Crippen LogP contribution in [0.25, 0.3) is 0 Å². The third-order valence-electron chi connectivity index (χ3n) is 6.21. The number of carboxylic acid groups (broad SMARTS) is 1. The summed E-state index contributed by atoms with van der Waals surface area (Å²) in [4.78, 5) is 11.1. The van der Waals surface area contributed by atoms with E-state index >= 15 is 0 Å². The molecule has 0 rings (SSSR count). The highest BCUT2D eigenvalue weighted by Crippen LogP contribution is 2.33. The molecule has 0 aliphatic carbocycles. The van der Waals surface area contributed by atoms with Gasteiger partial charge in [0.1, 0.15) is 0 Å². The summed E-state index contributed by atoms with van der Waals surface area (Å²) in [6.45, 7) is 12.4. The molecule has 0 aliphatic rings. The van der Waals surface area contributed by atoms with E-state index in [1.54, 1.807) is 14.0 Å². The van der Waals surface area contributed by atoms with Crippen molar-refractivity contribution in [1.29, 1.82) is 0 Å². The SMILES string of the molecule is COC(C)C(C)(C)CCCCC(O)CCCCC(C)(C)C(C)C(=O)O. The van der Waals surface area contributed by atoms with E-state index in [0.717, 1.165) is 51.4 Å². The molecule has 0 aromatic heterocycles. The van der Waals surface area contributed by atoms with Crippen molar-refractivity contribution >= 4 is 5.97 Å². The molecule has 0 bridgehead atoms. The highest BCUT2D eigenvalue weighted by molar-refractivity contribution is 5.70. The summed E-state index contributed by atoms with van der Waals surface area (Å²) < 4.78 is 5.43. The van der Waals surface area contributed by atoms with Gasteiger partial charge in [0.2, 0.25) is 0 Å². The highest BCUT2D eigenvalue weighted by atomic mass is 16.5. The van der Waals surface area contributed by atoms with Crippen LogP contribution in [0, 0.1) is 16.7 Å². The second-order valence-corrected chi connectivity index (χ2v) is 9.06. The minimum Gasteiger partial charge on any atom is -0.481 e. The van der Waals surface area contributed by atoms with Crippen LogP contribution in [0.4, 0.5) is 0 Å². The van der Waals surface area contributed by atoms with E-state index in [4.69, 9.17) is 9.84 Å². The molecular weight excluding hydrogens is 316 g/mol. The fourth-order valence-corrected chi connectivity index (χ4v) is 3.14. The molecule has 0 aliphatic heterocycles. The van der Waals surface area contributed by atoms with Crippen LogP contribution in [0.2, 0.25) is 0 Å². The molecule has 25 heavy (non-hydrogen) atoms. The summed E-state index contributed by atoms with van der Waals surface area (Å²) in [5, 5.41) is 19.3. The Morgan fingerprint density at radius 2 is 1.36 bits per heavy atom. The Bertz CT molecular complexity index is 376. The van der Waals surface area contributed by atoms with Crippen LogP contribution in [0.1, 0.15) is 92.9 Å². The zero-order valence-electron chi connectivity index (χ0n) is 17.6. The summed E-state index contributed by atoms with van der Waals surface area (Å²) in [5.74, 6) is -1.06. The Balaban J connectivity index is 3.88. The summed E-state index contributed by atoms with van der Waals surface area (Å²) in [6.07, 6.45) is 7.76. The number of aliphatic hydroxyl groups excluding tert-OH is 1. The van der Waals surface area contributed by atoms with Crippen molar-refractivity contribution in [3.05, 3.63) is 0 Å². The molecule has 0 amide bonds. The zero-order chi connectivity index (χ0) is 19.7. The third kappa shape index (κ3) is 9.60. The molecule has 3 unspecified atom stereocenters. The minimum absolute atomic E-state index is 0.173. The smallest absolute Gasteiger partial charge is 0.306 e. The van der Waals surface area contributed by atoms with Crippen LogP contribution in [-0.2, 0) is 9.53 Å². The van der Waals surface area contributed by atoms with Crippen molar-refractivity contribution in [2.24, 2.45) is 16.7 Å². The predicted molar refractivity (Wildman–Crippen MR) is 104 cm³/mol. The van der Waals surface area contributed by atoms with Crippen LogP contribution in [0.3, 0.4) is 0 Å². The first kappa shape index (κ1) is 24.4. The number of carbonyl (C=O) groups is 1. The fourth-order valence-electron chi connectivity index (χ4n) is 3.14. The molecule has 4 heteroatoms. The average Bonchev–Trinajstić information content (AvgIpc) is 2.53. The maximum absolute atomic E-state index is 11.1. The van der Waals surface area contributed by atoms with Crippen LogP contribution in [0.15, 0.2) is 0 Å². The van der Waals surface area contributed by atoms with Crippen molar-refractivity contribution in [1.82, 2.24) is 0 Å². The van der Waals surface area contributed by atoms with Crippen LogP contribution < -0.4 is 0 Å². The lowest BCUT2D eigenvalue weighted by Crippen LogP contribution is -2.28. The van der Waals surface area contributed by atoms with E-state index in [-0.39, 0.29) is 29.0 Å².